The van der Waals surface area contributed by atoms with Crippen LogP contribution in [0.1, 0.15) is 39.5 Å². The second-order valence-electron chi connectivity index (χ2n) is 12.2. The number of likely N-dealkylation sites (tertiary alicyclic amines) is 1. The van der Waals surface area contributed by atoms with Crippen molar-refractivity contribution in [2.24, 2.45) is 13.0 Å². The minimum Gasteiger partial charge on any atom is -0.465 e. The Labute approximate surface area is 303 Å². The number of carbonyl (C=O) groups is 4. The van der Waals surface area contributed by atoms with Crippen molar-refractivity contribution in [2.45, 2.75) is 19.0 Å². The Morgan fingerprint density at radius 1 is 0.923 bits per heavy atom. The molecule has 20 heteroatoms. The number of anilines is 2. The van der Waals surface area contributed by atoms with Crippen LogP contribution in [0.3, 0.4) is 0 Å². The zero-order valence-electron chi connectivity index (χ0n) is 27.4. The molecule has 1 aromatic carbocycles. The van der Waals surface area contributed by atoms with Gasteiger partial charge in [-0.15, -0.1) is 0 Å². The van der Waals surface area contributed by atoms with Crippen LogP contribution in [0.5, 0.6) is 0 Å². The highest BCUT2D eigenvalue weighted by atomic mass is 35.5. The Bertz CT molecular complexity index is 2050. The third-order valence-electron chi connectivity index (χ3n) is 9.00. The second kappa shape index (κ2) is 14.3. The quantitative estimate of drug-likeness (QED) is 0.255. The van der Waals surface area contributed by atoms with Crippen molar-refractivity contribution >= 4 is 58.4 Å². The number of amides is 4. The number of piperazine rings is 1. The van der Waals surface area contributed by atoms with Crippen LogP contribution in [0.4, 0.5) is 29.3 Å². The van der Waals surface area contributed by atoms with Crippen molar-refractivity contribution in [2.75, 3.05) is 50.3 Å². The van der Waals surface area contributed by atoms with Gasteiger partial charge in [0.05, 0.1) is 44.9 Å². The number of halogens is 5. The number of nitrogens with two attached hydrogens (primary N) is 1. The largest absolute Gasteiger partial charge is 0.465 e. The van der Waals surface area contributed by atoms with Gasteiger partial charge in [0.25, 0.3) is 11.8 Å². The number of carboxylic acid groups (broad SMARTS) is 1. The van der Waals surface area contributed by atoms with Gasteiger partial charge in [-0.2, -0.15) is 18.3 Å². The maximum atomic E-state index is 14.1. The van der Waals surface area contributed by atoms with Crippen LogP contribution in [-0.4, -0.2) is 107 Å². The molecule has 2 aliphatic rings. The molecule has 0 saturated carbocycles. The summed E-state index contributed by atoms with van der Waals surface area (Å²) < 4.78 is 44.3. The number of nitrogen functional groups attached to an aromatic ring is 1. The summed E-state index contributed by atoms with van der Waals surface area (Å²) >= 11 is 12.5. The molecule has 0 radical (unpaired) electrons. The number of alkyl halides is 3. The highest BCUT2D eigenvalue weighted by Crippen LogP contribution is 2.37. The number of hydrogen-bond acceptors (Lipinski definition) is 8. The van der Waals surface area contributed by atoms with Crippen LogP contribution in [-0.2, 0) is 18.0 Å². The first-order valence-electron chi connectivity index (χ1n) is 15.9. The maximum absolute atomic E-state index is 14.1. The Hall–Kier alpha value is -5.36. The average Bonchev–Trinajstić information content (AvgIpc) is 3.73. The minimum atomic E-state index is -4.87. The molecule has 0 bridgehead atoms. The van der Waals surface area contributed by atoms with Gasteiger partial charge in [-0.25, -0.2) is 19.4 Å². The van der Waals surface area contributed by atoms with E-state index in [1.807, 2.05) is 0 Å². The normalized spacial score (nSPS) is 15.5. The molecule has 274 valence electrons. The summed E-state index contributed by atoms with van der Waals surface area (Å²) in [5.74, 6) is -1.67. The van der Waals surface area contributed by atoms with Crippen LogP contribution in [0.15, 0.2) is 42.9 Å². The molecule has 5 heterocycles. The van der Waals surface area contributed by atoms with Crippen molar-refractivity contribution in [1.82, 2.24) is 39.0 Å². The highest BCUT2D eigenvalue weighted by molar-refractivity contribution is 6.34. The first-order chi connectivity index (χ1) is 24.6. The monoisotopic (exact) mass is 762 g/mol. The zero-order valence-corrected chi connectivity index (χ0v) is 28.9. The van der Waals surface area contributed by atoms with E-state index >= 15 is 0 Å². The van der Waals surface area contributed by atoms with Gasteiger partial charge in [-0.1, -0.05) is 23.2 Å². The van der Waals surface area contributed by atoms with Gasteiger partial charge in [0.15, 0.2) is 17.3 Å². The van der Waals surface area contributed by atoms with Crippen LogP contribution in [0.2, 0.25) is 10.0 Å². The summed E-state index contributed by atoms with van der Waals surface area (Å²) in [5, 5.41) is 15.5. The van der Waals surface area contributed by atoms with Crippen LogP contribution >= 0.6 is 23.2 Å². The van der Waals surface area contributed by atoms with Crippen LogP contribution in [0, 0.1) is 5.92 Å². The number of hydrogen-bond donors (Lipinski definition) is 3. The van der Waals surface area contributed by atoms with Gasteiger partial charge < -0.3 is 35.4 Å². The molecular formula is C32H31Cl2F3N10O5. The van der Waals surface area contributed by atoms with Crippen molar-refractivity contribution < 1.29 is 37.5 Å². The lowest BCUT2D eigenvalue weighted by Gasteiger charge is -2.38. The summed E-state index contributed by atoms with van der Waals surface area (Å²) in [4.78, 5) is 63.3. The van der Waals surface area contributed by atoms with E-state index in [9.17, 15) is 32.3 Å². The molecule has 0 spiro atoms. The number of aromatic nitrogens is 5. The maximum Gasteiger partial charge on any atom is 0.435 e. The molecule has 4 aromatic rings. The van der Waals surface area contributed by atoms with Crippen molar-refractivity contribution in [3.8, 4) is 17.1 Å². The lowest BCUT2D eigenvalue weighted by Crippen LogP contribution is -2.53. The van der Waals surface area contributed by atoms with E-state index in [4.69, 9.17) is 34.0 Å². The molecule has 0 unspecified atom stereocenters. The van der Waals surface area contributed by atoms with Gasteiger partial charge in [0, 0.05) is 70.2 Å². The smallest absolute Gasteiger partial charge is 0.435 e. The average molecular weight is 764 g/mol. The van der Waals surface area contributed by atoms with E-state index in [0.717, 1.165) is 17.1 Å². The molecule has 52 heavy (non-hydrogen) atoms. The fraction of sp³-hybridized carbons (Fsp3) is 0.344. The molecule has 2 saturated heterocycles. The number of benzene rings is 1. The fourth-order valence-corrected chi connectivity index (χ4v) is 6.55. The SMILES string of the molecule is Cn1c(-c2cn(-c3cc(Cl)c(N)cn3)nc2C(F)(F)F)cnc1C(=O)Nc1ccc(C(=O)N2CCN(C(=O)C3CCN(C(=O)O)CC3)CC2)c(Cl)c1. The number of pyridine rings is 1. The van der Waals surface area contributed by atoms with Crippen LogP contribution < -0.4 is 11.1 Å². The van der Waals surface area contributed by atoms with Gasteiger partial charge in [-0.3, -0.25) is 14.4 Å². The van der Waals surface area contributed by atoms with Gasteiger partial charge in [0.1, 0.15) is 0 Å². The summed E-state index contributed by atoms with van der Waals surface area (Å²) in [5.41, 5.74) is 4.51. The summed E-state index contributed by atoms with van der Waals surface area (Å²) in [6.07, 6.45) is -1.56. The Morgan fingerprint density at radius 3 is 2.21 bits per heavy atom. The molecule has 4 amide bonds. The summed E-state index contributed by atoms with van der Waals surface area (Å²) in [6.45, 7) is 1.79. The van der Waals surface area contributed by atoms with E-state index in [1.54, 1.807) is 9.80 Å². The second-order valence-corrected chi connectivity index (χ2v) is 13.0. The van der Waals surface area contributed by atoms with Crippen molar-refractivity contribution in [1.29, 1.82) is 0 Å². The lowest BCUT2D eigenvalue weighted by molar-refractivity contribution is -0.141. The zero-order chi connectivity index (χ0) is 37.5. The number of imidazole rings is 1. The topological polar surface area (TPSA) is 185 Å². The first-order valence-corrected chi connectivity index (χ1v) is 16.6. The van der Waals surface area contributed by atoms with Gasteiger partial charge >= 0.3 is 12.3 Å². The Balaban J connectivity index is 1.11. The standard InChI is InChI=1S/C32H31Cl2F3N10O5/c1-43-24(20-16-47(42-26(20)32(35,36)37)25-13-22(34)23(38)14-39-25)15-40-27(43)28(48)41-18-2-3-19(21(33)12-18)30(50)45-10-8-44(9-11-45)29(49)17-4-6-46(7-5-17)31(51)52/h2-3,12-17H,4-11,38H2,1H3,(H,41,48)(H,51,52). The van der Waals surface area contributed by atoms with Gasteiger partial charge in [0.2, 0.25) is 5.91 Å². The Morgan fingerprint density at radius 2 is 1.60 bits per heavy atom. The fourth-order valence-electron chi connectivity index (χ4n) is 6.14. The number of carbonyl (C=O) groups excluding carboxylic acids is 3. The van der Waals surface area contributed by atoms with E-state index < -0.39 is 23.9 Å². The third kappa shape index (κ3) is 7.34. The van der Waals surface area contributed by atoms with Crippen LogP contribution in [0.25, 0.3) is 17.1 Å². The lowest BCUT2D eigenvalue weighted by atomic mass is 9.95. The van der Waals surface area contributed by atoms with E-state index in [0.29, 0.717) is 39.0 Å². The molecular weight excluding hydrogens is 732 g/mol. The molecule has 4 N–H and O–H groups in total. The summed E-state index contributed by atoms with van der Waals surface area (Å²) in [7, 11) is 1.37. The third-order valence-corrected chi connectivity index (χ3v) is 9.64. The predicted octanol–water partition coefficient (Wildman–Crippen LogP) is 4.50. The minimum absolute atomic E-state index is 0.0146. The Kier molecular flexibility index (Phi) is 10.0. The molecule has 0 aliphatic carbocycles. The van der Waals surface area contributed by atoms with Gasteiger partial charge in [-0.05, 0) is 31.0 Å². The van der Waals surface area contributed by atoms with Crippen molar-refractivity contribution in [3.63, 3.8) is 0 Å². The predicted molar refractivity (Wildman–Crippen MR) is 182 cm³/mol. The molecule has 3 aromatic heterocycles. The highest BCUT2D eigenvalue weighted by Gasteiger charge is 2.39. The molecule has 6 rings (SSSR count). The van der Waals surface area contributed by atoms with Crippen molar-refractivity contribution in [3.05, 3.63) is 70.0 Å². The van der Waals surface area contributed by atoms with E-state index in [1.165, 1.54) is 47.0 Å². The number of nitrogens with one attached hydrogen (secondary N) is 1. The number of nitrogens with zero attached hydrogens (tertiary/aromatic N) is 8. The van der Waals surface area contributed by atoms with E-state index in [2.05, 4.69) is 20.4 Å². The molecule has 2 aliphatic heterocycles. The van der Waals surface area contributed by atoms with E-state index in [-0.39, 0.29) is 80.7 Å². The molecule has 15 nitrogen and oxygen atoms in total. The molecule has 0 atom stereocenters. The summed E-state index contributed by atoms with van der Waals surface area (Å²) in [6, 6.07) is 5.54. The number of rotatable bonds is 6. The first kappa shape index (κ1) is 36.4. The molecule has 2 fully saturated rings. The number of piperidine rings is 1.